The minimum absolute atomic E-state index is 0.0600. The van der Waals surface area contributed by atoms with Gasteiger partial charge in [0.15, 0.2) is 0 Å². The van der Waals surface area contributed by atoms with Crippen LogP contribution in [0.2, 0.25) is 0 Å². The molecule has 0 bridgehead atoms. The molecule has 2 aliphatic rings. The van der Waals surface area contributed by atoms with Crippen molar-refractivity contribution in [3.05, 3.63) is 0 Å². The monoisotopic (exact) mass is 286 g/mol. The Morgan fingerprint density at radius 2 is 2.15 bits per heavy atom. The van der Waals surface area contributed by atoms with Crippen molar-refractivity contribution in [1.29, 1.82) is 0 Å². The Kier molecular flexibility index (Phi) is 4.62. The molecule has 2 fully saturated rings. The molecule has 2 N–H and O–H groups in total. The van der Waals surface area contributed by atoms with E-state index in [1.165, 1.54) is 0 Å². The van der Waals surface area contributed by atoms with Crippen LogP contribution in [0.5, 0.6) is 0 Å². The number of hydrogen-bond donors (Lipinski definition) is 2. The standard InChI is InChI=1S/C13H22N2O5/c1-3-14-10-5-19-4-9(10)12(18)15-7-13(2,8-15)20-6-11(16)17/h9-10,14H,3-8H2,1-2H3,(H,16,17). The fourth-order valence-corrected chi connectivity index (χ4v) is 2.74. The third-order valence-corrected chi connectivity index (χ3v) is 3.77. The van der Waals surface area contributed by atoms with Gasteiger partial charge in [-0.05, 0) is 13.5 Å². The Balaban J connectivity index is 1.82. The van der Waals surface area contributed by atoms with E-state index in [0.717, 1.165) is 6.54 Å². The number of nitrogens with one attached hydrogen (secondary N) is 1. The summed E-state index contributed by atoms with van der Waals surface area (Å²) in [5.41, 5.74) is -0.540. The number of nitrogens with zero attached hydrogens (tertiary/aromatic N) is 1. The van der Waals surface area contributed by atoms with Crippen LogP contribution in [-0.2, 0) is 19.1 Å². The number of amides is 1. The number of carbonyl (C=O) groups is 2. The summed E-state index contributed by atoms with van der Waals surface area (Å²) in [6.07, 6.45) is 0. The number of likely N-dealkylation sites (tertiary alicyclic amines) is 1. The Bertz CT molecular complexity index is 381. The molecule has 0 aromatic carbocycles. The predicted octanol–water partition coefficient (Wildman–Crippen LogP) is -0.687. The van der Waals surface area contributed by atoms with Crippen LogP contribution in [0.25, 0.3) is 0 Å². The minimum Gasteiger partial charge on any atom is -0.480 e. The van der Waals surface area contributed by atoms with Crippen LogP contribution in [0.15, 0.2) is 0 Å². The van der Waals surface area contributed by atoms with Crippen molar-refractivity contribution in [1.82, 2.24) is 10.2 Å². The molecular formula is C13H22N2O5. The second-order valence-corrected chi connectivity index (χ2v) is 5.63. The van der Waals surface area contributed by atoms with E-state index in [4.69, 9.17) is 14.6 Å². The minimum atomic E-state index is -0.993. The van der Waals surface area contributed by atoms with Crippen LogP contribution in [0.3, 0.4) is 0 Å². The summed E-state index contributed by atoms with van der Waals surface area (Å²) in [7, 11) is 0. The molecule has 2 rings (SSSR count). The molecule has 2 saturated heterocycles. The number of hydrogen-bond acceptors (Lipinski definition) is 5. The van der Waals surface area contributed by atoms with Crippen LogP contribution >= 0.6 is 0 Å². The number of carbonyl (C=O) groups excluding carboxylic acids is 1. The lowest BCUT2D eigenvalue weighted by Crippen LogP contribution is -2.65. The first-order valence-electron chi connectivity index (χ1n) is 6.91. The summed E-state index contributed by atoms with van der Waals surface area (Å²) >= 11 is 0. The molecule has 0 spiro atoms. The van der Waals surface area contributed by atoms with Crippen molar-refractivity contribution in [3.8, 4) is 0 Å². The zero-order chi connectivity index (χ0) is 14.8. The predicted molar refractivity (Wildman–Crippen MR) is 70.3 cm³/mol. The molecule has 2 heterocycles. The fourth-order valence-electron chi connectivity index (χ4n) is 2.74. The normalized spacial score (nSPS) is 28.2. The van der Waals surface area contributed by atoms with E-state index < -0.39 is 11.6 Å². The van der Waals surface area contributed by atoms with E-state index in [0.29, 0.717) is 26.3 Å². The van der Waals surface area contributed by atoms with E-state index in [1.807, 2.05) is 13.8 Å². The number of ether oxygens (including phenoxy) is 2. The Hall–Kier alpha value is -1.18. The van der Waals surface area contributed by atoms with Crippen LogP contribution in [0.1, 0.15) is 13.8 Å². The number of carboxylic acid groups (broad SMARTS) is 1. The van der Waals surface area contributed by atoms with Crippen LogP contribution in [0.4, 0.5) is 0 Å². The average Bonchev–Trinajstić information content (AvgIpc) is 2.81. The van der Waals surface area contributed by atoms with Gasteiger partial charge in [-0.1, -0.05) is 6.92 Å². The molecule has 114 valence electrons. The van der Waals surface area contributed by atoms with Crippen LogP contribution in [-0.4, -0.2) is 73.0 Å². The molecular weight excluding hydrogens is 264 g/mol. The van der Waals surface area contributed by atoms with Crippen molar-refractivity contribution < 1.29 is 24.2 Å². The SMILES string of the molecule is CCNC1COCC1C(=O)N1CC(C)(OCC(=O)O)C1. The van der Waals surface area contributed by atoms with Crippen LogP contribution in [0, 0.1) is 5.92 Å². The van der Waals surface area contributed by atoms with E-state index in [9.17, 15) is 9.59 Å². The maximum Gasteiger partial charge on any atom is 0.329 e. The van der Waals surface area contributed by atoms with Gasteiger partial charge in [-0.15, -0.1) is 0 Å². The molecule has 0 aromatic rings. The molecule has 0 aliphatic carbocycles. The van der Waals surface area contributed by atoms with Crippen molar-refractivity contribution in [3.63, 3.8) is 0 Å². The molecule has 0 radical (unpaired) electrons. The van der Waals surface area contributed by atoms with Gasteiger partial charge in [0.1, 0.15) is 12.2 Å². The fraction of sp³-hybridized carbons (Fsp3) is 0.846. The summed E-state index contributed by atoms with van der Waals surface area (Å²) in [6.45, 7) is 6.18. The van der Waals surface area contributed by atoms with Gasteiger partial charge in [0.2, 0.25) is 5.91 Å². The molecule has 2 aliphatic heterocycles. The zero-order valence-corrected chi connectivity index (χ0v) is 11.9. The number of aliphatic carboxylic acids is 1. The summed E-state index contributed by atoms with van der Waals surface area (Å²) in [6, 6.07) is 0.0688. The second kappa shape index (κ2) is 6.07. The first kappa shape index (κ1) is 15.2. The lowest BCUT2D eigenvalue weighted by atomic mass is 9.92. The van der Waals surface area contributed by atoms with Gasteiger partial charge in [0, 0.05) is 6.04 Å². The van der Waals surface area contributed by atoms with Gasteiger partial charge in [-0.25, -0.2) is 4.79 Å². The summed E-state index contributed by atoms with van der Waals surface area (Å²) in [5, 5.41) is 11.9. The molecule has 1 amide bonds. The lowest BCUT2D eigenvalue weighted by molar-refractivity contribution is -0.175. The van der Waals surface area contributed by atoms with Crippen molar-refractivity contribution >= 4 is 11.9 Å². The molecule has 0 saturated carbocycles. The Labute approximate surface area is 118 Å². The van der Waals surface area contributed by atoms with Gasteiger partial charge in [0.05, 0.1) is 32.2 Å². The molecule has 7 heteroatoms. The highest BCUT2D eigenvalue weighted by atomic mass is 16.5. The molecule has 20 heavy (non-hydrogen) atoms. The van der Waals surface area contributed by atoms with Crippen LogP contribution < -0.4 is 5.32 Å². The lowest BCUT2D eigenvalue weighted by Gasteiger charge is -2.48. The summed E-state index contributed by atoms with van der Waals surface area (Å²) < 4.78 is 10.7. The van der Waals surface area contributed by atoms with Crippen molar-refractivity contribution in [2.75, 3.05) is 39.5 Å². The zero-order valence-electron chi connectivity index (χ0n) is 11.9. The van der Waals surface area contributed by atoms with Gasteiger partial charge in [-0.2, -0.15) is 0 Å². The van der Waals surface area contributed by atoms with E-state index in [2.05, 4.69) is 5.32 Å². The third kappa shape index (κ3) is 3.28. The van der Waals surface area contributed by atoms with Gasteiger partial charge in [-0.3, -0.25) is 4.79 Å². The number of rotatable bonds is 6. The first-order valence-corrected chi connectivity index (χ1v) is 6.91. The summed E-state index contributed by atoms with van der Waals surface area (Å²) in [4.78, 5) is 24.6. The molecule has 2 atom stereocenters. The Morgan fingerprint density at radius 1 is 1.45 bits per heavy atom. The highest BCUT2D eigenvalue weighted by Crippen LogP contribution is 2.28. The molecule has 2 unspecified atom stereocenters. The third-order valence-electron chi connectivity index (χ3n) is 3.77. The number of carboxylic acids is 1. The average molecular weight is 286 g/mol. The van der Waals surface area contributed by atoms with E-state index >= 15 is 0 Å². The van der Waals surface area contributed by atoms with E-state index in [1.54, 1.807) is 4.90 Å². The smallest absolute Gasteiger partial charge is 0.329 e. The van der Waals surface area contributed by atoms with Gasteiger partial charge >= 0.3 is 5.97 Å². The largest absolute Gasteiger partial charge is 0.480 e. The topological polar surface area (TPSA) is 88.1 Å². The highest BCUT2D eigenvalue weighted by Gasteiger charge is 2.46. The van der Waals surface area contributed by atoms with Crippen molar-refractivity contribution in [2.45, 2.75) is 25.5 Å². The molecule has 0 aromatic heterocycles. The Morgan fingerprint density at radius 3 is 2.75 bits per heavy atom. The highest BCUT2D eigenvalue weighted by molar-refractivity contribution is 5.81. The maximum atomic E-state index is 12.4. The van der Waals surface area contributed by atoms with Gasteiger partial charge < -0.3 is 24.8 Å². The second-order valence-electron chi connectivity index (χ2n) is 5.63. The maximum absolute atomic E-state index is 12.4. The summed E-state index contributed by atoms with van der Waals surface area (Å²) in [5.74, 6) is -1.09. The van der Waals surface area contributed by atoms with E-state index in [-0.39, 0.29) is 24.5 Å². The number of likely N-dealkylation sites (N-methyl/N-ethyl adjacent to an activating group) is 1. The quantitative estimate of drug-likeness (QED) is 0.672. The van der Waals surface area contributed by atoms with Crippen molar-refractivity contribution in [2.24, 2.45) is 5.92 Å². The van der Waals surface area contributed by atoms with Gasteiger partial charge in [0.25, 0.3) is 0 Å². The molecule has 7 nitrogen and oxygen atoms in total. The first-order chi connectivity index (χ1) is 9.45.